The fourth-order valence-corrected chi connectivity index (χ4v) is 9.17. The molecule has 2 unspecified atom stereocenters. The number of halogens is 4. The second-order valence-electron chi connectivity index (χ2n) is 19.6. The number of methoxy groups -OCH3 is 1. The molecule has 0 aromatic heterocycles. The van der Waals surface area contributed by atoms with Gasteiger partial charge in [0.2, 0.25) is 11.9 Å². The van der Waals surface area contributed by atoms with Crippen molar-refractivity contribution in [3.05, 3.63) is 211 Å². The lowest BCUT2D eigenvalue weighted by atomic mass is 9.83. The topological polar surface area (TPSA) is 206 Å². The zero-order chi connectivity index (χ0) is 56.0. The summed E-state index contributed by atoms with van der Waals surface area (Å²) in [5.41, 5.74) is -1.70. The zero-order valence-electron chi connectivity index (χ0n) is 42.7. The van der Waals surface area contributed by atoms with E-state index in [9.17, 15) is 42.7 Å². The molecule has 6 aromatic rings. The van der Waals surface area contributed by atoms with Gasteiger partial charge in [-0.2, -0.15) is 0 Å². The van der Waals surface area contributed by atoms with Crippen molar-refractivity contribution in [2.75, 3.05) is 7.11 Å². The Kier molecular flexibility index (Phi) is 16.9. The summed E-state index contributed by atoms with van der Waals surface area (Å²) in [6.45, 7) is 10.1. The number of nitrogens with zero attached hydrogens (tertiary/aromatic N) is 4. The van der Waals surface area contributed by atoms with Gasteiger partial charge < -0.3 is 19.3 Å². The number of aliphatic imine (C=N–C) groups is 2. The molecule has 3 N–H and O–H groups in total. The maximum atomic E-state index is 14.4. The van der Waals surface area contributed by atoms with Crippen LogP contribution in [0.25, 0.3) is 0 Å². The summed E-state index contributed by atoms with van der Waals surface area (Å²) in [4.78, 5) is 90.0. The molecular formula is C57H52Br2F2N6O10. The van der Waals surface area contributed by atoms with Crippen LogP contribution < -0.4 is 10.6 Å². The van der Waals surface area contributed by atoms with E-state index in [-0.39, 0.29) is 30.6 Å². The molecule has 0 fully saturated rings. The van der Waals surface area contributed by atoms with Crippen LogP contribution >= 0.6 is 31.9 Å². The predicted molar refractivity (Wildman–Crippen MR) is 289 cm³/mol. The summed E-state index contributed by atoms with van der Waals surface area (Å²) in [6, 6.07) is 37.6. The highest BCUT2D eigenvalue weighted by Crippen LogP contribution is 2.43. The molecule has 2 aliphatic heterocycles. The summed E-state index contributed by atoms with van der Waals surface area (Å²) >= 11 is 6.89. The average molecular weight is 1180 g/mol. The Hall–Kier alpha value is -8.10. The number of carbonyl (C=O) groups is 6. The highest BCUT2D eigenvalue weighted by molar-refractivity contribution is 9.10. The maximum Gasteiger partial charge on any atom is 0.414 e. The zero-order valence-corrected chi connectivity index (χ0v) is 45.9. The molecule has 2 atom stereocenters. The number of alkyl carbamates (subject to hydrolysis) is 2. The molecule has 2 aliphatic rings. The second kappa shape index (κ2) is 23.0. The Morgan fingerprint density at radius 1 is 0.558 bits per heavy atom. The van der Waals surface area contributed by atoms with Crippen molar-refractivity contribution in [2.24, 2.45) is 9.98 Å². The average Bonchev–Trinajstić information content (AvgIpc) is 3.86. The van der Waals surface area contributed by atoms with Crippen LogP contribution in [0.2, 0.25) is 0 Å². The van der Waals surface area contributed by atoms with Crippen LogP contribution in [0.5, 0.6) is 0 Å². The van der Waals surface area contributed by atoms with E-state index in [0.717, 1.165) is 0 Å². The van der Waals surface area contributed by atoms with E-state index in [0.29, 0.717) is 47.9 Å². The minimum Gasteiger partial charge on any atom is -0.478 e. The standard InChI is InChI=1S/C29H27BrFN3O5.C28H25BrFN3O5/c1-28(2,3)39-27(37)32-26-33-29(20-11-13-23(31)14-12-20,21-9-6-10-22(30)16-21)25(36)34(26)17-18-7-5-8-19(15-18)24(35)38-4;1-27(2,3)38-26(37)31-25-32-28(19-10-12-22(30)13-11-19,20-8-5-9-21(29)15-20)24(36)33(25)16-17-6-4-7-18(14-17)23(34)35/h5-16H,17H2,1-4H3,(H,32,33,37);4-15H,16H2,1-3H3,(H,34,35)(H,31,32,37). The van der Waals surface area contributed by atoms with Crippen molar-refractivity contribution in [1.29, 1.82) is 0 Å². The van der Waals surface area contributed by atoms with Crippen LogP contribution in [-0.2, 0) is 48.0 Å². The lowest BCUT2D eigenvalue weighted by Gasteiger charge is -2.27. The van der Waals surface area contributed by atoms with Gasteiger partial charge in [-0.3, -0.25) is 30.0 Å². The lowest BCUT2D eigenvalue weighted by Crippen LogP contribution is -2.47. The number of hydrogen-bond donors (Lipinski definition) is 3. The number of carbonyl (C=O) groups excluding carboxylic acids is 5. The second-order valence-corrected chi connectivity index (χ2v) is 21.4. The number of carboxylic acid groups (broad SMARTS) is 1. The number of rotatable bonds is 10. The maximum absolute atomic E-state index is 14.4. The van der Waals surface area contributed by atoms with Gasteiger partial charge in [-0.05, 0) is 148 Å². The van der Waals surface area contributed by atoms with Gasteiger partial charge in [0.25, 0.3) is 11.8 Å². The Morgan fingerprint density at radius 2 is 0.935 bits per heavy atom. The fraction of sp³-hybridized carbons (Fsp3) is 0.228. The van der Waals surface area contributed by atoms with Crippen molar-refractivity contribution < 1.29 is 56.9 Å². The molecule has 0 saturated carbocycles. The first-order valence-corrected chi connectivity index (χ1v) is 25.3. The molecule has 0 aliphatic carbocycles. The van der Waals surface area contributed by atoms with Gasteiger partial charge in [0, 0.05) is 8.95 Å². The molecule has 0 spiro atoms. The van der Waals surface area contributed by atoms with Gasteiger partial charge in [-0.25, -0.2) is 37.9 Å². The minimum atomic E-state index is -1.66. The van der Waals surface area contributed by atoms with Crippen molar-refractivity contribution in [1.82, 2.24) is 20.4 Å². The highest BCUT2D eigenvalue weighted by atomic mass is 79.9. The number of ether oxygens (including phenoxy) is 3. The van der Waals surface area contributed by atoms with Gasteiger partial charge >= 0.3 is 24.1 Å². The SMILES string of the molecule is CC(C)(C)OC(=O)NC1=NC(c2ccc(F)cc2)(c2cccc(Br)c2)C(=O)N1Cc1cccc(C(=O)O)c1.COC(=O)c1cccc(CN2C(=O)C(c3ccc(F)cc3)(c3cccc(Br)c3)N=C2NC(=O)OC(C)(C)C)c1. The largest absolute Gasteiger partial charge is 0.478 e. The summed E-state index contributed by atoms with van der Waals surface area (Å²) in [5, 5.41) is 14.6. The van der Waals surface area contributed by atoms with Crippen LogP contribution in [0.4, 0.5) is 18.4 Å². The Bertz CT molecular complexity index is 3330. The number of esters is 1. The van der Waals surface area contributed by atoms with Crippen LogP contribution in [0.15, 0.2) is 165 Å². The van der Waals surface area contributed by atoms with Crippen molar-refractivity contribution in [3.8, 4) is 0 Å². The first kappa shape index (κ1) is 56.6. The number of amides is 4. The third kappa shape index (κ3) is 13.1. The number of carboxylic acids is 1. The van der Waals surface area contributed by atoms with E-state index in [2.05, 4.69) is 42.5 Å². The molecule has 77 heavy (non-hydrogen) atoms. The van der Waals surface area contributed by atoms with E-state index in [4.69, 9.17) is 24.2 Å². The van der Waals surface area contributed by atoms with Gasteiger partial charge in [0.1, 0.15) is 22.8 Å². The third-order valence-corrected chi connectivity index (χ3v) is 12.6. The van der Waals surface area contributed by atoms with Crippen LogP contribution in [0, 0.1) is 11.6 Å². The lowest BCUT2D eigenvalue weighted by molar-refractivity contribution is -0.131. The first-order chi connectivity index (χ1) is 36.3. The molecular weight excluding hydrogens is 1130 g/mol. The molecule has 398 valence electrons. The third-order valence-electron chi connectivity index (χ3n) is 11.6. The van der Waals surface area contributed by atoms with Crippen molar-refractivity contribution in [3.63, 3.8) is 0 Å². The fourth-order valence-electron chi connectivity index (χ4n) is 8.37. The number of aromatic carboxylic acids is 1. The van der Waals surface area contributed by atoms with E-state index in [1.165, 1.54) is 77.6 Å². The molecule has 4 amide bonds. The number of benzene rings is 6. The van der Waals surface area contributed by atoms with Crippen LogP contribution in [-0.4, -0.2) is 81.1 Å². The van der Waals surface area contributed by atoms with Gasteiger partial charge in [-0.1, -0.05) is 105 Å². The Morgan fingerprint density at radius 3 is 1.30 bits per heavy atom. The van der Waals surface area contributed by atoms with Crippen LogP contribution in [0.1, 0.15) is 95.6 Å². The van der Waals surface area contributed by atoms with E-state index < -0.39 is 69.9 Å². The predicted octanol–water partition coefficient (Wildman–Crippen LogP) is 11.0. The summed E-state index contributed by atoms with van der Waals surface area (Å²) in [5.74, 6) is -3.74. The molecule has 8 rings (SSSR count). The summed E-state index contributed by atoms with van der Waals surface area (Å²) in [6.07, 6.45) is -1.62. The summed E-state index contributed by atoms with van der Waals surface area (Å²) in [7, 11) is 1.28. The molecule has 0 bridgehead atoms. The van der Waals surface area contributed by atoms with Crippen molar-refractivity contribution >= 4 is 79.7 Å². The van der Waals surface area contributed by atoms with Crippen molar-refractivity contribution in [2.45, 2.75) is 76.9 Å². The monoisotopic (exact) mass is 1180 g/mol. The van der Waals surface area contributed by atoms with E-state index >= 15 is 0 Å². The van der Waals surface area contributed by atoms with E-state index in [1.54, 1.807) is 126 Å². The molecule has 16 nitrogen and oxygen atoms in total. The quantitative estimate of drug-likeness (QED) is 0.0874. The normalized spacial score (nSPS) is 17.1. The highest BCUT2D eigenvalue weighted by Gasteiger charge is 2.53. The van der Waals surface area contributed by atoms with E-state index in [1.807, 2.05) is 0 Å². The first-order valence-electron chi connectivity index (χ1n) is 23.7. The number of hydrogen-bond acceptors (Lipinski definition) is 11. The minimum absolute atomic E-state index is 0.0325. The van der Waals surface area contributed by atoms with Crippen LogP contribution in [0.3, 0.4) is 0 Å². The molecule has 2 heterocycles. The van der Waals surface area contributed by atoms with Gasteiger partial charge in [-0.15, -0.1) is 0 Å². The smallest absolute Gasteiger partial charge is 0.414 e. The number of guanidine groups is 2. The number of nitrogens with one attached hydrogen (secondary N) is 2. The van der Waals surface area contributed by atoms with Gasteiger partial charge in [0.05, 0.1) is 31.3 Å². The Labute approximate surface area is 459 Å². The molecule has 0 saturated heterocycles. The molecule has 0 radical (unpaired) electrons. The molecule has 6 aromatic carbocycles. The summed E-state index contributed by atoms with van der Waals surface area (Å²) < 4.78 is 44.8. The van der Waals surface area contributed by atoms with Gasteiger partial charge in [0.15, 0.2) is 11.1 Å². The molecule has 20 heteroatoms. The Balaban J connectivity index is 0.000000224.